The lowest BCUT2D eigenvalue weighted by Gasteiger charge is -2.37. The summed E-state index contributed by atoms with van der Waals surface area (Å²) < 4.78 is 20.6. The zero-order valence-corrected chi connectivity index (χ0v) is 24.3. The molecule has 0 radical (unpaired) electrons. The Kier molecular flexibility index (Phi) is 7.61. The molecule has 11 heteroatoms. The Bertz CT molecular complexity index is 1460. The highest BCUT2D eigenvalue weighted by Crippen LogP contribution is 2.51. The Morgan fingerprint density at radius 2 is 1.97 bits per heavy atom. The molecule has 1 amide bonds. The SMILES string of the molecule is CSc1cc(C)[nH]c(=O)c1CNC(=O)c1cc(Cl)c2c(c1C)OC(C)(C1CCC(Oc3cnn(C)c3)CC1)O2. The molecule has 39 heavy (non-hydrogen) atoms. The van der Waals surface area contributed by atoms with Crippen LogP contribution in [0.5, 0.6) is 17.2 Å². The Labute approximate surface area is 236 Å². The number of nitrogens with zero attached hydrogens (tertiary/aromatic N) is 2. The van der Waals surface area contributed by atoms with Gasteiger partial charge in [-0.3, -0.25) is 14.3 Å². The van der Waals surface area contributed by atoms with Crippen molar-refractivity contribution < 1.29 is 19.0 Å². The second kappa shape index (κ2) is 10.8. The van der Waals surface area contributed by atoms with Crippen molar-refractivity contribution in [1.82, 2.24) is 20.1 Å². The highest BCUT2D eigenvalue weighted by atomic mass is 35.5. The van der Waals surface area contributed by atoms with E-state index in [9.17, 15) is 9.59 Å². The van der Waals surface area contributed by atoms with Gasteiger partial charge in [-0.25, -0.2) is 0 Å². The van der Waals surface area contributed by atoms with Crippen molar-refractivity contribution >= 4 is 29.3 Å². The third kappa shape index (κ3) is 5.49. The molecule has 9 nitrogen and oxygen atoms in total. The number of halogens is 1. The molecule has 0 saturated heterocycles. The van der Waals surface area contributed by atoms with Crippen LogP contribution >= 0.6 is 23.4 Å². The van der Waals surface area contributed by atoms with Crippen molar-refractivity contribution in [3.05, 3.63) is 62.3 Å². The minimum absolute atomic E-state index is 0.0954. The van der Waals surface area contributed by atoms with Gasteiger partial charge in [0.2, 0.25) is 0 Å². The molecular weight excluding hydrogens is 540 g/mol. The molecule has 2 aliphatic rings. The molecule has 208 valence electrons. The maximum absolute atomic E-state index is 13.2. The fraction of sp³-hybridized carbons (Fsp3) is 0.464. The molecule has 1 saturated carbocycles. The number of nitrogens with one attached hydrogen (secondary N) is 2. The van der Waals surface area contributed by atoms with Crippen LogP contribution in [0.15, 0.2) is 34.2 Å². The predicted octanol–water partition coefficient (Wildman–Crippen LogP) is 5.16. The van der Waals surface area contributed by atoms with Gasteiger partial charge in [0, 0.05) is 53.7 Å². The molecule has 3 aromatic rings. The number of amides is 1. The van der Waals surface area contributed by atoms with E-state index in [4.69, 9.17) is 25.8 Å². The van der Waals surface area contributed by atoms with Crippen LogP contribution in [0.1, 0.15) is 59.8 Å². The molecule has 0 bridgehead atoms. The van der Waals surface area contributed by atoms with Crippen LogP contribution in [0.3, 0.4) is 0 Å². The maximum Gasteiger partial charge on any atom is 0.254 e. The summed E-state index contributed by atoms with van der Waals surface area (Å²) in [5.41, 5.74) is 2.11. The number of fused-ring (bicyclic) bond motifs is 1. The van der Waals surface area contributed by atoms with Gasteiger partial charge in [-0.05, 0) is 57.9 Å². The second-order valence-corrected chi connectivity index (χ2v) is 11.6. The van der Waals surface area contributed by atoms with E-state index in [2.05, 4.69) is 15.4 Å². The summed E-state index contributed by atoms with van der Waals surface area (Å²) in [6.45, 7) is 5.68. The van der Waals surface area contributed by atoms with Crippen molar-refractivity contribution in [2.75, 3.05) is 6.26 Å². The molecule has 3 heterocycles. The average molecular weight is 573 g/mol. The number of pyridine rings is 1. The Morgan fingerprint density at radius 3 is 2.64 bits per heavy atom. The number of hydrogen-bond donors (Lipinski definition) is 2. The van der Waals surface area contributed by atoms with Crippen molar-refractivity contribution in [1.29, 1.82) is 0 Å². The zero-order chi connectivity index (χ0) is 27.9. The molecule has 2 N–H and O–H groups in total. The third-order valence-electron chi connectivity index (χ3n) is 7.57. The lowest BCUT2D eigenvalue weighted by atomic mass is 9.82. The number of aryl methyl sites for hydroxylation is 2. The van der Waals surface area contributed by atoms with E-state index >= 15 is 0 Å². The first-order valence-corrected chi connectivity index (χ1v) is 14.6. The molecule has 1 fully saturated rings. The molecule has 1 aromatic carbocycles. The fourth-order valence-corrected chi connectivity index (χ4v) is 6.34. The molecule has 1 atom stereocenters. The van der Waals surface area contributed by atoms with Gasteiger partial charge < -0.3 is 24.5 Å². The van der Waals surface area contributed by atoms with Crippen molar-refractivity contribution in [2.24, 2.45) is 13.0 Å². The monoisotopic (exact) mass is 572 g/mol. The number of hydrogen-bond acceptors (Lipinski definition) is 7. The van der Waals surface area contributed by atoms with E-state index in [0.29, 0.717) is 33.2 Å². The highest BCUT2D eigenvalue weighted by Gasteiger charge is 2.47. The number of carbonyl (C=O) groups excluding carboxylic acids is 1. The lowest BCUT2D eigenvalue weighted by Crippen LogP contribution is -2.45. The van der Waals surface area contributed by atoms with Gasteiger partial charge in [0.15, 0.2) is 17.2 Å². The molecular formula is C28H33ClN4O5S. The first kappa shape index (κ1) is 27.5. The number of rotatable bonds is 7. The van der Waals surface area contributed by atoms with Crippen LogP contribution in [0.2, 0.25) is 5.02 Å². The normalized spacial score (nSPS) is 22.1. The van der Waals surface area contributed by atoms with E-state index in [0.717, 1.165) is 42.0 Å². The smallest absolute Gasteiger partial charge is 0.254 e. The zero-order valence-electron chi connectivity index (χ0n) is 22.7. The van der Waals surface area contributed by atoms with Gasteiger partial charge in [0.05, 0.1) is 23.5 Å². The number of H-pyrrole nitrogens is 1. The van der Waals surface area contributed by atoms with Gasteiger partial charge >= 0.3 is 0 Å². The first-order valence-electron chi connectivity index (χ1n) is 13.0. The topological polar surface area (TPSA) is 107 Å². The standard InChI is InChI=1S/C28H33ClN4O5S/c1-15-10-23(39-5)21(27(35)32-15)13-30-26(34)20-11-22(29)25-24(16(20)2)37-28(3,38-25)17-6-8-18(9-7-17)36-19-12-31-33(4)14-19/h10-12,14,17-18H,6-9,13H2,1-5H3,(H,30,34)(H,32,35). The molecule has 1 aliphatic carbocycles. The molecule has 2 aromatic heterocycles. The molecule has 5 rings (SSSR count). The van der Waals surface area contributed by atoms with Crippen LogP contribution in [0.4, 0.5) is 0 Å². The molecule has 1 aliphatic heterocycles. The van der Waals surface area contributed by atoms with Gasteiger partial charge in [0.1, 0.15) is 0 Å². The Morgan fingerprint density at radius 1 is 1.26 bits per heavy atom. The van der Waals surface area contributed by atoms with Gasteiger partial charge in [0.25, 0.3) is 17.3 Å². The van der Waals surface area contributed by atoms with Gasteiger partial charge in [-0.15, -0.1) is 11.8 Å². The van der Waals surface area contributed by atoms with Gasteiger partial charge in [-0.2, -0.15) is 5.10 Å². The maximum atomic E-state index is 13.2. The van der Waals surface area contributed by atoms with Crippen LogP contribution < -0.4 is 25.1 Å². The van der Waals surface area contributed by atoms with Crippen LogP contribution in [-0.2, 0) is 13.6 Å². The van der Waals surface area contributed by atoms with Gasteiger partial charge in [-0.1, -0.05) is 11.6 Å². The summed E-state index contributed by atoms with van der Waals surface area (Å²) in [4.78, 5) is 29.3. The van der Waals surface area contributed by atoms with Crippen molar-refractivity contribution in [3.63, 3.8) is 0 Å². The molecule has 1 unspecified atom stereocenters. The summed E-state index contributed by atoms with van der Waals surface area (Å²) in [7, 11) is 1.87. The summed E-state index contributed by atoms with van der Waals surface area (Å²) in [6.07, 6.45) is 9.08. The summed E-state index contributed by atoms with van der Waals surface area (Å²) in [5.74, 6) is 0.619. The lowest BCUT2D eigenvalue weighted by molar-refractivity contribution is -0.125. The number of aromatic amines is 1. The second-order valence-electron chi connectivity index (χ2n) is 10.4. The number of benzene rings is 1. The summed E-state index contributed by atoms with van der Waals surface area (Å²) >= 11 is 8.08. The van der Waals surface area contributed by atoms with Crippen LogP contribution in [0, 0.1) is 19.8 Å². The Hall–Kier alpha value is -3.11. The predicted molar refractivity (Wildman–Crippen MR) is 150 cm³/mol. The number of thioether (sulfide) groups is 1. The fourth-order valence-electron chi connectivity index (χ4n) is 5.41. The Balaban J connectivity index is 1.27. The number of aromatic nitrogens is 3. The van der Waals surface area contributed by atoms with Crippen LogP contribution in [0.25, 0.3) is 0 Å². The van der Waals surface area contributed by atoms with E-state index < -0.39 is 5.79 Å². The van der Waals surface area contributed by atoms with E-state index in [1.165, 1.54) is 11.8 Å². The third-order valence-corrected chi connectivity index (χ3v) is 8.65. The molecule has 0 spiro atoms. The minimum Gasteiger partial charge on any atom is -0.487 e. The summed E-state index contributed by atoms with van der Waals surface area (Å²) in [6, 6.07) is 3.50. The highest BCUT2D eigenvalue weighted by molar-refractivity contribution is 7.98. The largest absolute Gasteiger partial charge is 0.487 e. The van der Waals surface area contributed by atoms with Crippen LogP contribution in [-0.4, -0.2) is 38.8 Å². The van der Waals surface area contributed by atoms with Crippen molar-refractivity contribution in [3.8, 4) is 17.2 Å². The number of carbonyl (C=O) groups is 1. The number of ether oxygens (including phenoxy) is 3. The van der Waals surface area contributed by atoms with E-state index in [-0.39, 0.29) is 30.0 Å². The minimum atomic E-state index is -0.895. The van der Waals surface area contributed by atoms with E-state index in [1.54, 1.807) is 16.9 Å². The van der Waals surface area contributed by atoms with Crippen molar-refractivity contribution in [2.45, 2.75) is 69.8 Å². The van der Waals surface area contributed by atoms with E-state index in [1.807, 2.05) is 46.3 Å². The average Bonchev–Trinajstić information content (AvgIpc) is 3.49. The quantitative estimate of drug-likeness (QED) is 0.377. The first-order chi connectivity index (χ1) is 18.6. The summed E-state index contributed by atoms with van der Waals surface area (Å²) in [5, 5.41) is 7.35.